The summed E-state index contributed by atoms with van der Waals surface area (Å²) in [4.78, 5) is 0. The molecule has 0 heterocycles. The number of hydrogen-bond acceptors (Lipinski definition) is 3. The molecule has 0 spiro atoms. The van der Waals surface area contributed by atoms with Crippen LogP contribution < -0.4 is 0 Å². The number of hydrogen-bond donors (Lipinski definition) is 0. The molecule has 0 saturated heterocycles. The van der Waals surface area contributed by atoms with Crippen molar-refractivity contribution in [2.45, 2.75) is 45.3 Å². The SMILES string of the molecule is C=C[Si](C)(C)O[Si](C/C=C/c1ccccc1)(O[Si](C)(C)C=C)O[Si](C)(C)C=C. The van der Waals surface area contributed by atoms with Crippen molar-refractivity contribution in [3.05, 3.63) is 78.8 Å². The largest absolute Gasteiger partial charge is 0.474 e. The van der Waals surface area contributed by atoms with Crippen molar-refractivity contribution < 1.29 is 12.3 Å². The van der Waals surface area contributed by atoms with Crippen LogP contribution in [-0.4, -0.2) is 33.8 Å². The molecule has 154 valence electrons. The fourth-order valence-corrected chi connectivity index (χ4v) is 16.1. The van der Waals surface area contributed by atoms with Crippen LogP contribution in [0.1, 0.15) is 5.56 Å². The third-order valence-electron chi connectivity index (χ3n) is 4.21. The van der Waals surface area contributed by atoms with Crippen LogP contribution in [-0.2, 0) is 12.3 Å². The molecular formula is C21H36O3Si4. The van der Waals surface area contributed by atoms with E-state index in [1.165, 1.54) is 0 Å². The molecule has 0 unspecified atom stereocenters. The van der Waals surface area contributed by atoms with Crippen LogP contribution in [0.2, 0.25) is 45.3 Å². The highest BCUT2D eigenvalue weighted by Gasteiger charge is 2.50. The second kappa shape index (κ2) is 10.1. The smallest absolute Gasteiger partial charge is 0.413 e. The van der Waals surface area contributed by atoms with Gasteiger partial charge in [-0.05, 0) is 44.8 Å². The predicted molar refractivity (Wildman–Crippen MR) is 132 cm³/mol. The van der Waals surface area contributed by atoms with Crippen molar-refractivity contribution in [3.63, 3.8) is 0 Å². The molecule has 1 rings (SSSR count). The Labute approximate surface area is 176 Å². The summed E-state index contributed by atoms with van der Waals surface area (Å²) in [6.07, 6.45) is 4.22. The van der Waals surface area contributed by atoms with E-state index < -0.39 is 33.8 Å². The van der Waals surface area contributed by atoms with Gasteiger partial charge in [0.05, 0.1) is 0 Å². The summed E-state index contributed by atoms with van der Waals surface area (Å²) >= 11 is 0. The normalized spacial score (nSPS) is 13.5. The Morgan fingerprint density at radius 3 is 1.46 bits per heavy atom. The van der Waals surface area contributed by atoms with Crippen LogP contribution in [0.4, 0.5) is 0 Å². The van der Waals surface area contributed by atoms with Gasteiger partial charge in [-0.2, -0.15) is 0 Å². The van der Waals surface area contributed by atoms with E-state index in [4.69, 9.17) is 12.3 Å². The first-order chi connectivity index (χ1) is 12.9. The van der Waals surface area contributed by atoms with Gasteiger partial charge in [0.2, 0.25) is 25.0 Å². The Morgan fingerprint density at radius 1 is 0.714 bits per heavy atom. The lowest BCUT2D eigenvalue weighted by molar-refractivity contribution is 0.260. The van der Waals surface area contributed by atoms with Gasteiger partial charge in [0, 0.05) is 6.04 Å². The second-order valence-electron chi connectivity index (χ2n) is 8.43. The molecule has 0 atom stereocenters. The van der Waals surface area contributed by atoms with Crippen molar-refractivity contribution in [1.82, 2.24) is 0 Å². The fraction of sp³-hybridized carbons (Fsp3) is 0.333. The van der Waals surface area contributed by atoms with E-state index >= 15 is 0 Å². The van der Waals surface area contributed by atoms with Crippen LogP contribution >= 0.6 is 0 Å². The first-order valence-corrected chi connectivity index (χ1v) is 20.5. The molecule has 3 nitrogen and oxygen atoms in total. The summed E-state index contributed by atoms with van der Waals surface area (Å²) < 4.78 is 20.2. The maximum Gasteiger partial charge on any atom is 0.474 e. The van der Waals surface area contributed by atoms with Gasteiger partial charge < -0.3 is 12.3 Å². The van der Waals surface area contributed by atoms with E-state index in [0.717, 1.165) is 5.56 Å². The first-order valence-electron chi connectivity index (χ1n) is 9.61. The number of rotatable bonds is 12. The summed E-state index contributed by atoms with van der Waals surface area (Å²) in [5, 5.41) is 0. The summed E-state index contributed by atoms with van der Waals surface area (Å²) in [5.41, 5.74) is 6.96. The number of allylic oxidation sites excluding steroid dienone is 1. The highest BCUT2D eigenvalue weighted by Crippen LogP contribution is 2.30. The molecule has 1 aromatic rings. The van der Waals surface area contributed by atoms with Gasteiger partial charge in [0.25, 0.3) is 0 Å². The van der Waals surface area contributed by atoms with E-state index in [1.807, 2.05) is 35.3 Å². The Kier molecular flexibility index (Phi) is 9.01. The van der Waals surface area contributed by atoms with Gasteiger partial charge >= 0.3 is 8.80 Å². The minimum Gasteiger partial charge on any atom is -0.413 e. The molecule has 0 bridgehead atoms. The van der Waals surface area contributed by atoms with E-state index in [0.29, 0.717) is 6.04 Å². The lowest BCUT2D eigenvalue weighted by atomic mass is 10.2. The van der Waals surface area contributed by atoms with Gasteiger partial charge in [-0.15, -0.1) is 19.7 Å². The van der Waals surface area contributed by atoms with Crippen molar-refractivity contribution >= 4 is 39.8 Å². The summed E-state index contributed by atoms with van der Waals surface area (Å²) in [6.45, 7) is 24.7. The second-order valence-corrected chi connectivity index (χ2v) is 23.5. The van der Waals surface area contributed by atoms with E-state index in [-0.39, 0.29) is 0 Å². The van der Waals surface area contributed by atoms with E-state index in [9.17, 15) is 0 Å². The Morgan fingerprint density at radius 2 is 1.11 bits per heavy atom. The van der Waals surface area contributed by atoms with Crippen LogP contribution in [0.5, 0.6) is 0 Å². The molecule has 28 heavy (non-hydrogen) atoms. The lowest BCUT2D eigenvalue weighted by Gasteiger charge is -2.42. The van der Waals surface area contributed by atoms with Gasteiger partial charge in [-0.3, -0.25) is 0 Å². The molecule has 1 aromatic carbocycles. The van der Waals surface area contributed by atoms with Crippen LogP contribution in [0.25, 0.3) is 6.08 Å². The molecule has 0 aromatic heterocycles. The Balaban J connectivity index is 3.34. The summed E-state index contributed by atoms with van der Waals surface area (Å²) in [6, 6.07) is 10.8. The minimum absolute atomic E-state index is 0.612. The lowest BCUT2D eigenvalue weighted by Crippen LogP contribution is -2.61. The van der Waals surface area contributed by atoms with Gasteiger partial charge in [-0.25, -0.2) is 0 Å². The van der Waals surface area contributed by atoms with Gasteiger partial charge in [0.1, 0.15) is 0 Å². The molecule has 0 aliphatic heterocycles. The third kappa shape index (κ3) is 8.52. The maximum absolute atomic E-state index is 6.73. The van der Waals surface area contributed by atoms with Crippen molar-refractivity contribution in [2.24, 2.45) is 0 Å². The summed E-state index contributed by atoms with van der Waals surface area (Å²) in [5.74, 6) is 0. The van der Waals surface area contributed by atoms with Crippen LogP contribution in [0.15, 0.2) is 73.2 Å². The summed E-state index contributed by atoms with van der Waals surface area (Å²) in [7, 11) is -9.48. The average molecular weight is 449 g/mol. The molecule has 0 saturated carbocycles. The van der Waals surface area contributed by atoms with Gasteiger partial charge in [0.15, 0.2) is 0 Å². The van der Waals surface area contributed by atoms with Crippen molar-refractivity contribution in [1.29, 1.82) is 0 Å². The highest BCUT2D eigenvalue weighted by molar-refractivity contribution is 6.93. The average Bonchev–Trinajstić information content (AvgIpc) is 2.61. The maximum atomic E-state index is 6.73. The molecule has 0 amide bonds. The molecule has 0 radical (unpaired) electrons. The Bertz CT molecular complexity index is 642. The van der Waals surface area contributed by atoms with Crippen LogP contribution in [0.3, 0.4) is 0 Å². The zero-order valence-corrected chi connectivity index (χ0v) is 22.3. The quantitative estimate of drug-likeness (QED) is 0.342. The molecule has 0 aliphatic carbocycles. The fourth-order valence-electron chi connectivity index (χ4n) is 2.42. The number of benzene rings is 1. The van der Waals surface area contributed by atoms with Crippen molar-refractivity contribution in [2.75, 3.05) is 0 Å². The predicted octanol–water partition coefficient (Wildman–Crippen LogP) is 6.48. The molecule has 0 aliphatic rings. The molecule has 7 heteroatoms. The van der Waals surface area contributed by atoms with E-state index in [2.05, 4.69) is 83.3 Å². The van der Waals surface area contributed by atoms with Crippen LogP contribution in [0, 0.1) is 0 Å². The van der Waals surface area contributed by atoms with E-state index in [1.54, 1.807) is 0 Å². The van der Waals surface area contributed by atoms with Crippen molar-refractivity contribution in [3.8, 4) is 0 Å². The van der Waals surface area contributed by atoms with Gasteiger partial charge in [-0.1, -0.05) is 59.6 Å². The molecular weight excluding hydrogens is 413 g/mol. The minimum atomic E-state index is -3.03. The molecule has 0 fully saturated rings. The topological polar surface area (TPSA) is 27.7 Å². The zero-order valence-electron chi connectivity index (χ0n) is 18.3. The monoisotopic (exact) mass is 448 g/mol. The third-order valence-corrected chi connectivity index (χ3v) is 17.9. The standard InChI is InChI=1S/C21H36O3Si4/c1-10-25(4,5)22-28(23-26(6,7)11-2,24-27(8,9)12-3)20-16-19-21-17-14-13-15-18-21/h10-19H,1-3,20H2,4-9H3/b19-16+. The highest BCUT2D eigenvalue weighted by atomic mass is 28.5. The Hall–Kier alpha value is -1.07. The zero-order chi connectivity index (χ0) is 21.5. The molecule has 0 N–H and O–H groups in total. The first kappa shape index (κ1) is 25.0.